The second kappa shape index (κ2) is 4.94. The summed E-state index contributed by atoms with van der Waals surface area (Å²) in [6.07, 6.45) is 1.16. The van der Waals surface area contributed by atoms with Crippen LogP contribution in [0.1, 0.15) is 6.42 Å². The Morgan fingerprint density at radius 3 is 2.94 bits per heavy atom. The maximum absolute atomic E-state index is 11.8. The summed E-state index contributed by atoms with van der Waals surface area (Å²) in [4.78, 5) is 14.7. The first-order valence-corrected chi connectivity index (χ1v) is 5.73. The van der Waals surface area contributed by atoms with Crippen LogP contribution in [0, 0.1) is 5.92 Å². The highest BCUT2D eigenvalue weighted by Crippen LogP contribution is 2.14. The second-order valence-corrected chi connectivity index (χ2v) is 4.42. The molecule has 5 heteroatoms. The molecule has 17 heavy (non-hydrogen) atoms. The summed E-state index contributed by atoms with van der Waals surface area (Å²) in [5, 5.41) is 3.33. The molecule has 1 fully saturated rings. The number of aromatic nitrogens is 2. The fourth-order valence-corrected chi connectivity index (χ4v) is 2.42. The molecule has 0 radical (unpaired) electrons. The van der Waals surface area contributed by atoms with Crippen LogP contribution in [-0.2, 0) is 6.54 Å². The molecule has 1 atom stereocenters. The Kier molecular flexibility index (Phi) is 3.54. The van der Waals surface area contributed by atoms with Crippen LogP contribution in [-0.4, -0.2) is 22.6 Å². The molecule has 3 rings (SSSR count). The number of rotatable bonds is 2. The minimum atomic E-state index is 0. The van der Waals surface area contributed by atoms with Crippen LogP contribution in [0.5, 0.6) is 0 Å². The number of imidazole rings is 1. The highest BCUT2D eigenvalue weighted by molar-refractivity contribution is 5.85. The largest absolute Gasteiger partial charge is 0.326 e. The number of fused-ring (bicyclic) bond motifs is 1. The van der Waals surface area contributed by atoms with Gasteiger partial charge in [-0.2, -0.15) is 0 Å². The van der Waals surface area contributed by atoms with Gasteiger partial charge in [-0.25, -0.2) is 4.79 Å². The number of para-hydroxylation sites is 2. The molecule has 1 unspecified atom stereocenters. The van der Waals surface area contributed by atoms with Crippen molar-refractivity contribution in [1.82, 2.24) is 14.9 Å². The molecule has 1 aliphatic rings. The molecule has 1 aromatic carbocycles. The molecule has 1 aliphatic heterocycles. The predicted molar refractivity (Wildman–Crippen MR) is 70.8 cm³/mol. The summed E-state index contributed by atoms with van der Waals surface area (Å²) in [7, 11) is 0. The van der Waals surface area contributed by atoms with Gasteiger partial charge in [-0.3, -0.25) is 4.57 Å². The van der Waals surface area contributed by atoms with Crippen LogP contribution in [0.3, 0.4) is 0 Å². The fraction of sp³-hybridized carbons (Fsp3) is 0.417. The van der Waals surface area contributed by atoms with Crippen molar-refractivity contribution in [3.63, 3.8) is 0 Å². The highest BCUT2D eigenvalue weighted by atomic mass is 35.5. The number of hydrogen-bond acceptors (Lipinski definition) is 2. The summed E-state index contributed by atoms with van der Waals surface area (Å²) in [6, 6.07) is 7.86. The van der Waals surface area contributed by atoms with Crippen molar-refractivity contribution in [3.8, 4) is 0 Å². The third kappa shape index (κ3) is 2.23. The van der Waals surface area contributed by atoms with E-state index >= 15 is 0 Å². The van der Waals surface area contributed by atoms with E-state index in [0.717, 1.165) is 37.1 Å². The summed E-state index contributed by atoms with van der Waals surface area (Å²) < 4.78 is 1.85. The Bertz CT molecular complexity index is 554. The van der Waals surface area contributed by atoms with Crippen LogP contribution in [0.2, 0.25) is 0 Å². The van der Waals surface area contributed by atoms with Crippen molar-refractivity contribution in [2.75, 3.05) is 13.1 Å². The standard InChI is InChI=1S/C12H15N3O.ClH/c16-12-14-10-3-1-2-4-11(10)15(12)8-9-5-6-13-7-9;/h1-4,9,13H,5-8H2,(H,14,16);1H. The van der Waals surface area contributed by atoms with Gasteiger partial charge in [0, 0.05) is 6.54 Å². The molecule has 0 spiro atoms. The zero-order valence-corrected chi connectivity index (χ0v) is 10.3. The van der Waals surface area contributed by atoms with E-state index in [1.807, 2.05) is 28.8 Å². The van der Waals surface area contributed by atoms with Gasteiger partial charge in [-0.1, -0.05) is 12.1 Å². The molecule has 1 saturated heterocycles. The van der Waals surface area contributed by atoms with E-state index in [1.165, 1.54) is 0 Å². The van der Waals surface area contributed by atoms with E-state index in [1.54, 1.807) is 0 Å². The lowest BCUT2D eigenvalue weighted by molar-refractivity contribution is 0.481. The molecule has 0 amide bonds. The first kappa shape index (κ1) is 12.2. The molecule has 92 valence electrons. The quantitative estimate of drug-likeness (QED) is 0.849. The van der Waals surface area contributed by atoms with Gasteiger partial charge < -0.3 is 10.3 Å². The SMILES string of the molecule is Cl.O=c1[nH]c2ccccc2n1CC1CCNC1. The van der Waals surface area contributed by atoms with Gasteiger partial charge in [0.1, 0.15) is 0 Å². The molecule has 2 aromatic rings. The highest BCUT2D eigenvalue weighted by Gasteiger charge is 2.17. The summed E-state index contributed by atoms with van der Waals surface area (Å²) >= 11 is 0. The topological polar surface area (TPSA) is 49.8 Å². The maximum atomic E-state index is 11.8. The third-order valence-electron chi connectivity index (χ3n) is 3.28. The first-order valence-electron chi connectivity index (χ1n) is 5.73. The van der Waals surface area contributed by atoms with E-state index < -0.39 is 0 Å². The summed E-state index contributed by atoms with van der Waals surface area (Å²) in [5.41, 5.74) is 1.95. The number of hydrogen-bond donors (Lipinski definition) is 2. The van der Waals surface area contributed by atoms with Gasteiger partial charge in [0.05, 0.1) is 11.0 Å². The Morgan fingerprint density at radius 1 is 1.35 bits per heavy atom. The number of benzene rings is 1. The molecular weight excluding hydrogens is 238 g/mol. The van der Waals surface area contributed by atoms with Gasteiger partial charge in [0.25, 0.3) is 0 Å². The molecule has 2 N–H and O–H groups in total. The average Bonchev–Trinajstić information content (AvgIpc) is 2.89. The lowest BCUT2D eigenvalue weighted by atomic mass is 10.1. The molecule has 1 aromatic heterocycles. The van der Waals surface area contributed by atoms with Crippen molar-refractivity contribution in [2.45, 2.75) is 13.0 Å². The Morgan fingerprint density at radius 2 is 2.18 bits per heavy atom. The lowest BCUT2D eigenvalue weighted by Crippen LogP contribution is -2.22. The average molecular weight is 254 g/mol. The van der Waals surface area contributed by atoms with E-state index in [2.05, 4.69) is 10.3 Å². The number of H-pyrrole nitrogens is 1. The van der Waals surface area contributed by atoms with Crippen LogP contribution >= 0.6 is 12.4 Å². The minimum Gasteiger partial charge on any atom is -0.316 e. The number of aromatic amines is 1. The maximum Gasteiger partial charge on any atom is 0.326 e. The molecular formula is C12H16ClN3O. The predicted octanol–water partition coefficient (Wildman–Crippen LogP) is 1.36. The number of halogens is 1. The molecule has 0 bridgehead atoms. The molecule has 2 heterocycles. The van der Waals surface area contributed by atoms with Gasteiger partial charge in [-0.05, 0) is 37.6 Å². The van der Waals surface area contributed by atoms with Gasteiger partial charge in [0.15, 0.2) is 0 Å². The van der Waals surface area contributed by atoms with E-state index in [0.29, 0.717) is 5.92 Å². The van der Waals surface area contributed by atoms with E-state index in [9.17, 15) is 4.79 Å². The van der Waals surface area contributed by atoms with Crippen molar-refractivity contribution < 1.29 is 0 Å². The van der Waals surface area contributed by atoms with E-state index in [-0.39, 0.29) is 18.1 Å². The van der Waals surface area contributed by atoms with Gasteiger partial charge >= 0.3 is 5.69 Å². The van der Waals surface area contributed by atoms with Crippen LogP contribution in [0.15, 0.2) is 29.1 Å². The van der Waals surface area contributed by atoms with Gasteiger partial charge in [0.2, 0.25) is 0 Å². The first-order chi connectivity index (χ1) is 7.84. The number of nitrogens with zero attached hydrogens (tertiary/aromatic N) is 1. The minimum absolute atomic E-state index is 0. The van der Waals surface area contributed by atoms with E-state index in [4.69, 9.17) is 0 Å². The van der Waals surface area contributed by atoms with Crippen LogP contribution in [0.4, 0.5) is 0 Å². The van der Waals surface area contributed by atoms with Crippen molar-refractivity contribution in [1.29, 1.82) is 0 Å². The Hall–Kier alpha value is -1.26. The smallest absolute Gasteiger partial charge is 0.316 e. The molecule has 4 nitrogen and oxygen atoms in total. The fourth-order valence-electron chi connectivity index (χ4n) is 2.42. The zero-order valence-electron chi connectivity index (χ0n) is 9.48. The normalized spacial score (nSPS) is 19.4. The third-order valence-corrected chi connectivity index (χ3v) is 3.28. The van der Waals surface area contributed by atoms with Gasteiger partial charge in [-0.15, -0.1) is 12.4 Å². The van der Waals surface area contributed by atoms with Crippen molar-refractivity contribution >= 4 is 23.4 Å². The summed E-state index contributed by atoms with van der Waals surface area (Å²) in [5.74, 6) is 0.580. The van der Waals surface area contributed by atoms with Crippen LogP contribution in [0.25, 0.3) is 11.0 Å². The monoisotopic (exact) mass is 253 g/mol. The zero-order chi connectivity index (χ0) is 11.0. The van der Waals surface area contributed by atoms with Crippen molar-refractivity contribution in [2.24, 2.45) is 5.92 Å². The second-order valence-electron chi connectivity index (χ2n) is 4.42. The van der Waals surface area contributed by atoms with Crippen molar-refractivity contribution in [3.05, 3.63) is 34.7 Å². The summed E-state index contributed by atoms with van der Waals surface area (Å²) in [6.45, 7) is 2.91. The molecule has 0 aliphatic carbocycles. The number of nitrogens with one attached hydrogen (secondary N) is 2. The Labute approximate surface area is 105 Å². The molecule has 0 saturated carbocycles. The van der Waals surface area contributed by atoms with Crippen LogP contribution < -0.4 is 11.0 Å². The lowest BCUT2D eigenvalue weighted by Gasteiger charge is -2.08. The Balaban J connectivity index is 0.00000108.